The van der Waals surface area contributed by atoms with Crippen LogP contribution in [0.4, 0.5) is 5.82 Å². The molecule has 62 valence electrons. The molecule has 2 N–H and O–H groups in total. The first-order valence-electron chi connectivity index (χ1n) is 3.60. The summed E-state index contributed by atoms with van der Waals surface area (Å²) < 4.78 is 1.73. The quantitative estimate of drug-likeness (QED) is 0.724. The SMILES string of the molecule is Cn1cc(-c2cccs2)c(N)n1. The van der Waals surface area contributed by atoms with Crippen molar-refractivity contribution in [2.24, 2.45) is 7.05 Å². The van der Waals surface area contributed by atoms with Crippen molar-refractivity contribution in [3.63, 3.8) is 0 Å². The molecular weight excluding hydrogens is 170 g/mol. The van der Waals surface area contributed by atoms with Gasteiger partial charge in [-0.1, -0.05) is 6.07 Å². The predicted molar refractivity (Wildman–Crippen MR) is 50.9 cm³/mol. The van der Waals surface area contributed by atoms with Crippen molar-refractivity contribution in [1.29, 1.82) is 0 Å². The molecule has 0 amide bonds. The van der Waals surface area contributed by atoms with Gasteiger partial charge in [0.25, 0.3) is 0 Å². The fourth-order valence-electron chi connectivity index (χ4n) is 1.13. The lowest BCUT2D eigenvalue weighted by atomic mass is 10.3. The Labute approximate surface area is 74.4 Å². The Balaban J connectivity index is 2.54. The van der Waals surface area contributed by atoms with Crippen LogP contribution < -0.4 is 5.73 Å². The highest BCUT2D eigenvalue weighted by molar-refractivity contribution is 7.13. The van der Waals surface area contributed by atoms with Crippen molar-refractivity contribution >= 4 is 17.2 Å². The summed E-state index contributed by atoms with van der Waals surface area (Å²) in [6, 6.07) is 4.05. The number of thiophene rings is 1. The van der Waals surface area contributed by atoms with Crippen LogP contribution in [0.1, 0.15) is 0 Å². The minimum Gasteiger partial charge on any atom is -0.382 e. The number of hydrogen-bond acceptors (Lipinski definition) is 3. The minimum absolute atomic E-state index is 0.597. The molecule has 0 bridgehead atoms. The molecule has 0 saturated carbocycles. The fourth-order valence-corrected chi connectivity index (χ4v) is 1.87. The maximum atomic E-state index is 5.71. The molecule has 3 nitrogen and oxygen atoms in total. The third-order valence-corrected chi connectivity index (χ3v) is 2.55. The lowest BCUT2D eigenvalue weighted by molar-refractivity contribution is 0.772. The lowest BCUT2D eigenvalue weighted by Gasteiger charge is -1.89. The Morgan fingerprint density at radius 3 is 2.92 bits per heavy atom. The molecule has 2 heterocycles. The fraction of sp³-hybridized carbons (Fsp3) is 0.125. The number of nitrogens with two attached hydrogens (primary N) is 1. The van der Waals surface area contributed by atoms with Gasteiger partial charge in [0.1, 0.15) is 0 Å². The Morgan fingerprint density at radius 1 is 1.58 bits per heavy atom. The molecule has 0 aromatic carbocycles. The highest BCUT2D eigenvalue weighted by Gasteiger charge is 2.06. The first-order chi connectivity index (χ1) is 5.77. The van der Waals surface area contributed by atoms with Gasteiger partial charge < -0.3 is 5.73 Å². The average Bonchev–Trinajstić information content (AvgIpc) is 2.58. The van der Waals surface area contributed by atoms with E-state index in [0.29, 0.717) is 5.82 Å². The van der Waals surface area contributed by atoms with Crippen molar-refractivity contribution in [3.8, 4) is 10.4 Å². The molecule has 0 unspecified atom stereocenters. The first-order valence-corrected chi connectivity index (χ1v) is 4.48. The summed E-state index contributed by atoms with van der Waals surface area (Å²) in [5.74, 6) is 0.597. The Hall–Kier alpha value is -1.29. The van der Waals surface area contributed by atoms with Gasteiger partial charge in [-0.15, -0.1) is 11.3 Å². The van der Waals surface area contributed by atoms with Crippen molar-refractivity contribution in [2.75, 3.05) is 5.73 Å². The molecule has 2 aromatic heterocycles. The summed E-state index contributed by atoms with van der Waals surface area (Å²) in [7, 11) is 1.87. The molecule has 0 atom stereocenters. The molecule has 0 aliphatic carbocycles. The van der Waals surface area contributed by atoms with Gasteiger partial charge in [-0.25, -0.2) is 0 Å². The van der Waals surface area contributed by atoms with Crippen LogP contribution in [0, 0.1) is 0 Å². The Morgan fingerprint density at radius 2 is 2.42 bits per heavy atom. The second-order valence-corrected chi connectivity index (χ2v) is 3.53. The van der Waals surface area contributed by atoms with E-state index in [1.807, 2.05) is 30.8 Å². The number of aryl methyl sites for hydroxylation is 1. The van der Waals surface area contributed by atoms with Gasteiger partial charge in [-0.05, 0) is 11.4 Å². The van der Waals surface area contributed by atoms with Gasteiger partial charge in [-0.3, -0.25) is 4.68 Å². The third-order valence-electron chi connectivity index (χ3n) is 1.64. The topological polar surface area (TPSA) is 43.8 Å². The van der Waals surface area contributed by atoms with Crippen molar-refractivity contribution in [1.82, 2.24) is 9.78 Å². The zero-order valence-corrected chi connectivity index (χ0v) is 7.51. The van der Waals surface area contributed by atoms with Gasteiger partial charge >= 0.3 is 0 Å². The third kappa shape index (κ3) is 1.10. The summed E-state index contributed by atoms with van der Waals surface area (Å²) in [6.45, 7) is 0. The van der Waals surface area contributed by atoms with E-state index in [2.05, 4.69) is 5.10 Å². The molecule has 0 fully saturated rings. The summed E-state index contributed by atoms with van der Waals surface area (Å²) in [5, 5.41) is 6.10. The monoisotopic (exact) mass is 179 g/mol. The number of aromatic nitrogens is 2. The van der Waals surface area contributed by atoms with Gasteiger partial charge in [0, 0.05) is 18.1 Å². The number of rotatable bonds is 1. The normalized spacial score (nSPS) is 10.4. The second-order valence-electron chi connectivity index (χ2n) is 2.58. The van der Waals surface area contributed by atoms with Gasteiger partial charge in [0.2, 0.25) is 0 Å². The smallest absolute Gasteiger partial charge is 0.154 e. The molecule has 2 rings (SSSR count). The largest absolute Gasteiger partial charge is 0.382 e. The van der Waals surface area contributed by atoms with Crippen molar-refractivity contribution in [2.45, 2.75) is 0 Å². The maximum absolute atomic E-state index is 5.71. The van der Waals surface area contributed by atoms with E-state index in [-0.39, 0.29) is 0 Å². The molecular formula is C8H9N3S. The van der Waals surface area contributed by atoms with Gasteiger partial charge in [0.15, 0.2) is 5.82 Å². The van der Waals surface area contributed by atoms with E-state index >= 15 is 0 Å². The second kappa shape index (κ2) is 2.64. The van der Waals surface area contributed by atoms with E-state index in [1.54, 1.807) is 16.0 Å². The summed E-state index contributed by atoms with van der Waals surface area (Å²) in [4.78, 5) is 1.17. The molecule has 0 spiro atoms. The molecule has 0 aliphatic heterocycles. The average molecular weight is 179 g/mol. The standard InChI is InChI=1S/C8H9N3S/c1-11-5-6(8(9)10-11)7-3-2-4-12-7/h2-5H,1H3,(H2,9,10). The van der Waals surface area contributed by atoms with Crippen molar-refractivity contribution in [3.05, 3.63) is 23.7 Å². The molecule has 12 heavy (non-hydrogen) atoms. The van der Waals surface area contributed by atoms with E-state index in [0.717, 1.165) is 5.56 Å². The number of hydrogen-bond donors (Lipinski definition) is 1. The van der Waals surface area contributed by atoms with Crippen LogP contribution in [0.15, 0.2) is 23.7 Å². The zero-order valence-electron chi connectivity index (χ0n) is 6.69. The first kappa shape index (κ1) is 7.36. The van der Waals surface area contributed by atoms with Gasteiger partial charge in [0.05, 0.1) is 5.56 Å². The van der Waals surface area contributed by atoms with Crippen LogP contribution in [-0.4, -0.2) is 9.78 Å². The molecule has 4 heteroatoms. The van der Waals surface area contributed by atoms with Crippen LogP contribution in [0.2, 0.25) is 0 Å². The zero-order chi connectivity index (χ0) is 8.55. The van der Waals surface area contributed by atoms with Crippen LogP contribution >= 0.6 is 11.3 Å². The van der Waals surface area contributed by atoms with Crippen LogP contribution in [0.25, 0.3) is 10.4 Å². The maximum Gasteiger partial charge on any atom is 0.154 e. The highest BCUT2D eigenvalue weighted by Crippen LogP contribution is 2.28. The molecule has 0 aliphatic rings. The molecule has 0 radical (unpaired) electrons. The molecule has 2 aromatic rings. The number of nitrogens with zero attached hydrogens (tertiary/aromatic N) is 2. The molecule has 0 saturated heterocycles. The number of anilines is 1. The van der Waals surface area contributed by atoms with Crippen LogP contribution in [0.5, 0.6) is 0 Å². The summed E-state index contributed by atoms with van der Waals surface area (Å²) >= 11 is 1.67. The predicted octanol–water partition coefficient (Wildman–Crippen LogP) is 1.73. The van der Waals surface area contributed by atoms with E-state index in [1.165, 1.54) is 4.88 Å². The summed E-state index contributed by atoms with van der Waals surface area (Å²) in [6.07, 6.45) is 1.93. The summed E-state index contributed by atoms with van der Waals surface area (Å²) in [5.41, 5.74) is 6.73. The van der Waals surface area contributed by atoms with E-state index in [4.69, 9.17) is 5.73 Å². The number of nitrogen functional groups attached to an aromatic ring is 1. The lowest BCUT2D eigenvalue weighted by Crippen LogP contribution is -1.90. The van der Waals surface area contributed by atoms with E-state index < -0.39 is 0 Å². The van der Waals surface area contributed by atoms with Gasteiger partial charge in [-0.2, -0.15) is 5.10 Å². The van der Waals surface area contributed by atoms with E-state index in [9.17, 15) is 0 Å². The van der Waals surface area contributed by atoms with Crippen LogP contribution in [0.3, 0.4) is 0 Å². The van der Waals surface area contributed by atoms with Crippen LogP contribution in [-0.2, 0) is 7.05 Å². The Kier molecular flexibility index (Phi) is 1.62. The Bertz CT molecular complexity index is 375. The highest BCUT2D eigenvalue weighted by atomic mass is 32.1. The van der Waals surface area contributed by atoms with Crippen molar-refractivity contribution < 1.29 is 0 Å². The minimum atomic E-state index is 0.597.